The lowest BCUT2D eigenvalue weighted by Crippen LogP contribution is -2.45. The molecule has 1 N–H and O–H groups in total. The molecule has 38 heavy (non-hydrogen) atoms. The second-order valence-corrected chi connectivity index (χ2v) is 9.93. The number of hydrogen-bond donors (Lipinski definition) is 1. The average molecular weight is 529 g/mol. The molecule has 0 radical (unpaired) electrons. The lowest BCUT2D eigenvalue weighted by molar-refractivity contribution is -0.138. The second kappa shape index (κ2) is 11.1. The number of likely N-dealkylation sites (N-methyl/N-ethyl adjacent to an activating group) is 1. The Hall–Kier alpha value is -4.10. The summed E-state index contributed by atoms with van der Waals surface area (Å²) in [6.45, 7) is 1.08. The lowest BCUT2D eigenvalue weighted by atomic mass is 9.96. The molecule has 194 valence electrons. The number of hydrogen-bond acceptors (Lipinski definition) is 3. The molecule has 3 aromatic carbocycles. The van der Waals surface area contributed by atoms with E-state index in [9.17, 15) is 14.4 Å². The molecule has 2 aliphatic heterocycles. The van der Waals surface area contributed by atoms with E-state index in [-0.39, 0.29) is 30.9 Å². The lowest BCUT2D eigenvalue weighted by Gasteiger charge is -2.31. The van der Waals surface area contributed by atoms with Gasteiger partial charge in [0, 0.05) is 25.2 Å². The molecule has 0 saturated carbocycles. The van der Waals surface area contributed by atoms with Crippen molar-refractivity contribution >= 4 is 29.4 Å². The Kier molecular flexibility index (Phi) is 7.47. The van der Waals surface area contributed by atoms with E-state index in [2.05, 4.69) is 5.32 Å². The van der Waals surface area contributed by atoms with E-state index in [1.165, 1.54) is 9.80 Å². The number of carbonyl (C=O) groups is 3. The van der Waals surface area contributed by atoms with Gasteiger partial charge in [0.15, 0.2) is 0 Å². The molecule has 0 spiro atoms. The highest BCUT2D eigenvalue weighted by atomic mass is 35.5. The van der Waals surface area contributed by atoms with Crippen molar-refractivity contribution in [2.75, 3.05) is 26.7 Å². The Morgan fingerprint density at radius 1 is 0.947 bits per heavy atom. The van der Waals surface area contributed by atoms with E-state index in [1.807, 2.05) is 66.7 Å². The molecule has 3 aromatic rings. The van der Waals surface area contributed by atoms with Gasteiger partial charge in [0.1, 0.15) is 6.54 Å². The van der Waals surface area contributed by atoms with Crippen molar-refractivity contribution in [3.05, 3.63) is 118 Å². The topological polar surface area (TPSA) is 73.0 Å². The number of nitrogens with one attached hydrogen (secondary N) is 1. The summed E-state index contributed by atoms with van der Waals surface area (Å²) in [5, 5.41) is 3.36. The summed E-state index contributed by atoms with van der Waals surface area (Å²) >= 11 is 6.43. The summed E-state index contributed by atoms with van der Waals surface area (Å²) in [4.78, 5) is 44.8. The van der Waals surface area contributed by atoms with Crippen molar-refractivity contribution in [1.29, 1.82) is 0 Å². The van der Waals surface area contributed by atoms with Crippen LogP contribution in [0, 0.1) is 0 Å². The van der Waals surface area contributed by atoms with Gasteiger partial charge in [-0.3, -0.25) is 14.5 Å². The van der Waals surface area contributed by atoms with E-state index < -0.39 is 6.04 Å². The highest BCUT2D eigenvalue weighted by Crippen LogP contribution is 2.37. The van der Waals surface area contributed by atoms with Crippen LogP contribution in [-0.2, 0) is 22.6 Å². The van der Waals surface area contributed by atoms with Crippen LogP contribution in [0.5, 0.6) is 0 Å². The number of rotatable bonds is 8. The van der Waals surface area contributed by atoms with Gasteiger partial charge in [-0.2, -0.15) is 0 Å². The summed E-state index contributed by atoms with van der Waals surface area (Å²) in [7, 11) is 1.63. The van der Waals surface area contributed by atoms with Crippen LogP contribution in [-0.4, -0.2) is 59.2 Å². The number of benzene rings is 3. The first-order valence-corrected chi connectivity index (χ1v) is 13.0. The van der Waals surface area contributed by atoms with Gasteiger partial charge in [-0.1, -0.05) is 90.5 Å². The van der Waals surface area contributed by atoms with Crippen molar-refractivity contribution in [3.63, 3.8) is 0 Å². The predicted octanol–water partition coefficient (Wildman–Crippen LogP) is 4.40. The summed E-state index contributed by atoms with van der Waals surface area (Å²) in [5.41, 5.74) is 3.86. The van der Waals surface area contributed by atoms with Crippen LogP contribution in [0.2, 0.25) is 5.02 Å². The molecule has 1 atom stereocenters. The zero-order chi connectivity index (χ0) is 26.6. The van der Waals surface area contributed by atoms with Gasteiger partial charge in [-0.15, -0.1) is 0 Å². The molecule has 0 bridgehead atoms. The van der Waals surface area contributed by atoms with Crippen LogP contribution >= 0.6 is 11.6 Å². The van der Waals surface area contributed by atoms with Crippen LogP contribution in [0.4, 0.5) is 4.79 Å². The number of nitrogens with zero attached hydrogens (tertiary/aromatic N) is 3. The standard InChI is InChI=1S/C30H29ClN4O3/c1-33-25-19-35(29(37)27(25)28(32-30(33)38)23-14-8-9-15-24(23)31)20-26(36)34(18-22-12-6-3-7-13-22)17-16-21-10-4-2-5-11-21/h2-15,28H,16-20H2,1H3,(H,32,38)/t28-/m0/s1. The maximum atomic E-state index is 13.7. The third kappa shape index (κ3) is 5.29. The van der Waals surface area contributed by atoms with Crippen LogP contribution in [0.1, 0.15) is 22.7 Å². The SMILES string of the molecule is CN1C(=O)N[C@@H](c2ccccc2Cl)C2=C1CN(CC(=O)N(CCc1ccccc1)Cc1ccccc1)C2=O. The van der Waals surface area contributed by atoms with Crippen molar-refractivity contribution in [3.8, 4) is 0 Å². The Balaban J connectivity index is 1.36. The fourth-order valence-corrected chi connectivity index (χ4v) is 5.21. The van der Waals surface area contributed by atoms with Gasteiger partial charge in [0.05, 0.1) is 23.9 Å². The minimum Gasteiger partial charge on any atom is -0.337 e. The van der Waals surface area contributed by atoms with Crippen molar-refractivity contribution < 1.29 is 14.4 Å². The number of amides is 4. The highest BCUT2D eigenvalue weighted by molar-refractivity contribution is 6.31. The minimum atomic E-state index is -0.673. The molecule has 0 aromatic heterocycles. The summed E-state index contributed by atoms with van der Waals surface area (Å²) < 4.78 is 0. The van der Waals surface area contributed by atoms with Crippen molar-refractivity contribution in [2.24, 2.45) is 0 Å². The summed E-state index contributed by atoms with van der Waals surface area (Å²) in [5.74, 6) is -0.415. The fourth-order valence-electron chi connectivity index (χ4n) is 4.96. The minimum absolute atomic E-state index is 0.0786. The van der Waals surface area contributed by atoms with Gasteiger partial charge >= 0.3 is 6.03 Å². The third-order valence-electron chi connectivity index (χ3n) is 7.06. The van der Waals surface area contributed by atoms with Crippen LogP contribution < -0.4 is 5.32 Å². The van der Waals surface area contributed by atoms with E-state index in [0.29, 0.717) is 41.4 Å². The molecule has 0 saturated heterocycles. The first kappa shape index (κ1) is 25.5. The smallest absolute Gasteiger partial charge is 0.322 e. The molecule has 8 heteroatoms. The second-order valence-electron chi connectivity index (χ2n) is 9.52. The predicted molar refractivity (Wildman–Crippen MR) is 146 cm³/mol. The van der Waals surface area contributed by atoms with Crippen molar-refractivity contribution in [1.82, 2.24) is 20.0 Å². The third-order valence-corrected chi connectivity index (χ3v) is 7.40. The van der Waals surface area contributed by atoms with Gasteiger partial charge in [0.2, 0.25) is 5.91 Å². The Morgan fingerprint density at radius 3 is 2.26 bits per heavy atom. The number of carbonyl (C=O) groups excluding carboxylic acids is 3. The first-order valence-electron chi connectivity index (χ1n) is 12.6. The summed E-state index contributed by atoms with van der Waals surface area (Å²) in [6.07, 6.45) is 0.706. The van der Waals surface area contributed by atoms with E-state index in [4.69, 9.17) is 11.6 Å². The molecule has 7 nitrogen and oxygen atoms in total. The number of halogens is 1. The van der Waals surface area contributed by atoms with E-state index in [1.54, 1.807) is 30.1 Å². The Morgan fingerprint density at radius 2 is 1.58 bits per heavy atom. The monoisotopic (exact) mass is 528 g/mol. The van der Waals surface area contributed by atoms with Crippen LogP contribution in [0.3, 0.4) is 0 Å². The quantitative estimate of drug-likeness (QED) is 0.471. The van der Waals surface area contributed by atoms with Gasteiger partial charge in [0.25, 0.3) is 5.91 Å². The Bertz CT molecular complexity index is 1380. The molecule has 0 unspecified atom stereocenters. The van der Waals surface area contributed by atoms with Gasteiger partial charge in [-0.05, 0) is 29.2 Å². The van der Waals surface area contributed by atoms with E-state index in [0.717, 1.165) is 11.1 Å². The zero-order valence-corrected chi connectivity index (χ0v) is 21.9. The largest absolute Gasteiger partial charge is 0.337 e. The number of urea groups is 1. The van der Waals surface area contributed by atoms with Crippen LogP contribution in [0.25, 0.3) is 0 Å². The summed E-state index contributed by atoms with van der Waals surface area (Å²) in [6, 6.07) is 26.0. The normalized spacial score (nSPS) is 16.9. The van der Waals surface area contributed by atoms with E-state index >= 15 is 0 Å². The highest BCUT2D eigenvalue weighted by Gasteiger charge is 2.44. The molecule has 5 rings (SSSR count). The van der Waals surface area contributed by atoms with Crippen molar-refractivity contribution in [2.45, 2.75) is 19.0 Å². The molecule has 2 aliphatic rings. The molecular formula is C30H29ClN4O3. The fraction of sp³-hybridized carbons (Fsp3) is 0.233. The molecule has 2 heterocycles. The van der Waals surface area contributed by atoms with Gasteiger partial charge < -0.3 is 15.1 Å². The maximum absolute atomic E-state index is 13.7. The average Bonchev–Trinajstić information content (AvgIpc) is 3.26. The molecule has 0 fully saturated rings. The molecular weight excluding hydrogens is 500 g/mol. The molecule has 0 aliphatic carbocycles. The zero-order valence-electron chi connectivity index (χ0n) is 21.1. The Labute approximate surface area is 227 Å². The molecule has 4 amide bonds. The van der Waals surface area contributed by atoms with Crippen LogP contribution in [0.15, 0.2) is 96.2 Å². The van der Waals surface area contributed by atoms with Gasteiger partial charge in [-0.25, -0.2) is 4.79 Å². The first-order chi connectivity index (χ1) is 18.4. The maximum Gasteiger partial charge on any atom is 0.322 e.